The summed E-state index contributed by atoms with van der Waals surface area (Å²) in [5.41, 5.74) is 0.893. The summed E-state index contributed by atoms with van der Waals surface area (Å²) in [5, 5.41) is 3.59. The first-order valence-electron chi connectivity index (χ1n) is 8.20. The zero-order chi connectivity index (χ0) is 16.9. The van der Waals surface area contributed by atoms with E-state index in [2.05, 4.69) is 5.32 Å². The summed E-state index contributed by atoms with van der Waals surface area (Å²) in [6, 6.07) is 5.94. The maximum absolute atomic E-state index is 12.2. The van der Waals surface area contributed by atoms with Crippen molar-refractivity contribution in [3.8, 4) is 11.5 Å². The smallest absolute Gasteiger partial charge is 0.264 e. The third-order valence-corrected chi connectivity index (χ3v) is 5.15. The van der Waals surface area contributed by atoms with Crippen LogP contribution >= 0.6 is 11.8 Å². The maximum atomic E-state index is 12.2. The van der Waals surface area contributed by atoms with Gasteiger partial charge in [0.2, 0.25) is 0 Å². The van der Waals surface area contributed by atoms with Crippen LogP contribution in [0.3, 0.4) is 0 Å². The van der Waals surface area contributed by atoms with Gasteiger partial charge in [-0.15, -0.1) is 0 Å². The Morgan fingerprint density at radius 3 is 2.62 bits per heavy atom. The Kier molecular flexibility index (Phi) is 5.45. The molecule has 1 aromatic carbocycles. The Balaban J connectivity index is 1.76. The van der Waals surface area contributed by atoms with Crippen LogP contribution < -0.4 is 14.8 Å². The number of amides is 1. The molecule has 0 radical (unpaired) electrons. The molecular weight excluding hydrogens is 324 g/mol. The molecule has 1 N–H and O–H groups in total. The Hall–Kier alpha value is -1.95. The van der Waals surface area contributed by atoms with E-state index in [9.17, 15) is 4.79 Å². The fourth-order valence-electron chi connectivity index (χ4n) is 2.96. The van der Waals surface area contributed by atoms with E-state index in [1.54, 1.807) is 14.2 Å². The van der Waals surface area contributed by atoms with Crippen LogP contribution in [0.5, 0.6) is 11.5 Å². The van der Waals surface area contributed by atoms with Gasteiger partial charge < -0.3 is 14.8 Å². The molecule has 0 spiro atoms. The van der Waals surface area contributed by atoms with E-state index in [-0.39, 0.29) is 5.91 Å². The van der Waals surface area contributed by atoms with Crippen LogP contribution in [0.1, 0.15) is 37.7 Å². The van der Waals surface area contributed by atoms with Gasteiger partial charge >= 0.3 is 0 Å². The van der Waals surface area contributed by atoms with Gasteiger partial charge in [-0.2, -0.15) is 0 Å². The summed E-state index contributed by atoms with van der Waals surface area (Å²) in [6.45, 7) is 0. The number of aliphatic imine (C=N–C) groups is 1. The average Bonchev–Trinajstić information content (AvgIpc) is 2.94. The van der Waals surface area contributed by atoms with Crippen LogP contribution in [-0.4, -0.2) is 31.3 Å². The molecular formula is C18H22N2O3S. The van der Waals surface area contributed by atoms with E-state index in [1.165, 1.54) is 31.0 Å². The Labute approximate surface area is 146 Å². The molecule has 0 bridgehead atoms. The van der Waals surface area contributed by atoms with E-state index in [0.717, 1.165) is 23.6 Å². The van der Waals surface area contributed by atoms with Crippen LogP contribution in [0.25, 0.3) is 6.08 Å². The summed E-state index contributed by atoms with van der Waals surface area (Å²) in [4.78, 5) is 17.5. The van der Waals surface area contributed by atoms with Crippen LogP contribution in [0.4, 0.5) is 0 Å². The molecule has 6 heteroatoms. The second-order valence-electron chi connectivity index (χ2n) is 5.91. The van der Waals surface area contributed by atoms with Crippen molar-refractivity contribution in [3.63, 3.8) is 0 Å². The topological polar surface area (TPSA) is 59.9 Å². The third-order valence-electron chi connectivity index (χ3n) is 4.23. The SMILES string of the molecule is COc1ccc(/C=C2\SC(=NC3CCCCC3)NC2=O)cc1OC. The summed E-state index contributed by atoms with van der Waals surface area (Å²) in [5.74, 6) is 1.22. The lowest BCUT2D eigenvalue weighted by molar-refractivity contribution is -0.115. The lowest BCUT2D eigenvalue weighted by Gasteiger charge is -2.17. The van der Waals surface area contributed by atoms with Gasteiger partial charge in [-0.25, -0.2) is 0 Å². The number of hydrogen-bond acceptors (Lipinski definition) is 5. The van der Waals surface area contributed by atoms with Crippen molar-refractivity contribution >= 4 is 28.9 Å². The summed E-state index contributed by atoms with van der Waals surface area (Å²) in [7, 11) is 3.20. The number of amidine groups is 1. The molecule has 24 heavy (non-hydrogen) atoms. The summed E-state index contributed by atoms with van der Waals surface area (Å²) >= 11 is 1.41. The predicted octanol–water partition coefficient (Wildman–Crippen LogP) is 3.60. The largest absolute Gasteiger partial charge is 0.493 e. The van der Waals surface area contributed by atoms with Crippen molar-refractivity contribution in [1.29, 1.82) is 0 Å². The monoisotopic (exact) mass is 346 g/mol. The molecule has 2 aliphatic rings. The van der Waals surface area contributed by atoms with Crippen molar-refractivity contribution in [1.82, 2.24) is 5.32 Å². The van der Waals surface area contributed by atoms with Gasteiger partial charge in [0.15, 0.2) is 16.7 Å². The fourth-order valence-corrected chi connectivity index (χ4v) is 3.85. The highest BCUT2D eigenvalue weighted by Crippen LogP contribution is 2.32. The van der Waals surface area contributed by atoms with Crippen molar-refractivity contribution in [3.05, 3.63) is 28.7 Å². The maximum Gasteiger partial charge on any atom is 0.264 e. The number of benzene rings is 1. The van der Waals surface area contributed by atoms with Gasteiger partial charge in [-0.1, -0.05) is 25.3 Å². The number of hydrogen-bond donors (Lipinski definition) is 1. The highest BCUT2D eigenvalue weighted by molar-refractivity contribution is 8.18. The fraction of sp³-hybridized carbons (Fsp3) is 0.444. The first-order chi connectivity index (χ1) is 11.7. The van der Waals surface area contributed by atoms with Gasteiger partial charge in [-0.3, -0.25) is 9.79 Å². The van der Waals surface area contributed by atoms with E-state index in [4.69, 9.17) is 14.5 Å². The Morgan fingerprint density at radius 2 is 1.92 bits per heavy atom. The first kappa shape index (κ1) is 16.9. The number of rotatable bonds is 4. The number of carbonyl (C=O) groups is 1. The minimum atomic E-state index is -0.0932. The van der Waals surface area contributed by atoms with Crippen LogP contribution in [0.15, 0.2) is 28.1 Å². The quantitative estimate of drug-likeness (QED) is 0.846. The third kappa shape index (κ3) is 3.93. The van der Waals surface area contributed by atoms with E-state index < -0.39 is 0 Å². The molecule has 1 saturated heterocycles. The highest BCUT2D eigenvalue weighted by atomic mass is 32.2. The number of methoxy groups -OCH3 is 2. The zero-order valence-electron chi connectivity index (χ0n) is 14.0. The Morgan fingerprint density at radius 1 is 1.17 bits per heavy atom. The minimum absolute atomic E-state index is 0.0932. The van der Waals surface area contributed by atoms with Gasteiger partial charge in [0, 0.05) is 0 Å². The van der Waals surface area contributed by atoms with Crippen LogP contribution in [-0.2, 0) is 4.79 Å². The van der Waals surface area contributed by atoms with Gasteiger partial charge in [0.25, 0.3) is 5.91 Å². The second-order valence-corrected chi connectivity index (χ2v) is 6.94. The first-order valence-corrected chi connectivity index (χ1v) is 9.02. The van der Waals surface area contributed by atoms with Gasteiger partial charge in [-0.05, 0) is 48.4 Å². The molecule has 5 nitrogen and oxygen atoms in total. The number of nitrogens with zero attached hydrogens (tertiary/aromatic N) is 1. The molecule has 1 aliphatic heterocycles. The predicted molar refractivity (Wildman–Crippen MR) is 97.6 cm³/mol. The lowest BCUT2D eigenvalue weighted by atomic mass is 9.96. The van der Waals surface area contributed by atoms with Crippen molar-refractivity contribution < 1.29 is 14.3 Å². The molecule has 2 fully saturated rings. The molecule has 1 aromatic rings. The minimum Gasteiger partial charge on any atom is -0.493 e. The number of thioether (sulfide) groups is 1. The highest BCUT2D eigenvalue weighted by Gasteiger charge is 2.25. The van der Waals surface area contributed by atoms with Crippen LogP contribution in [0, 0.1) is 0 Å². The molecule has 1 aliphatic carbocycles. The molecule has 128 valence electrons. The van der Waals surface area contributed by atoms with Crippen LogP contribution in [0.2, 0.25) is 0 Å². The standard InChI is InChI=1S/C18H22N2O3S/c1-22-14-9-8-12(10-15(14)23-2)11-16-17(21)20-18(24-16)19-13-6-4-3-5-7-13/h8-11,13H,3-7H2,1-2H3,(H,19,20,21)/b16-11-. The normalized spacial score (nSPS) is 22.0. The number of nitrogens with one attached hydrogen (secondary N) is 1. The molecule has 1 saturated carbocycles. The molecule has 0 aromatic heterocycles. The molecule has 1 amide bonds. The van der Waals surface area contributed by atoms with Crippen molar-refractivity contribution in [2.24, 2.45) is 4.99 Å². The van der Waals surface area contributed by atoms with E-state index >= 15 is 0 Å². The zero-order valence-corrected chi connectivity index (χ0v) is 14.8. The van der Waals surface area contributed by atoms with Gasteiger partial charge in [0.05, 0.1) is 25.2 Å². The van der Waals surface area contributed by atoms with Crippen molar-refractivity contribution in [2.45, 2.75) is 38.1 Å². The summed E-state index contributed by atoms with van der Waals surface area (Å²) in [6.07, 6.45) is 7.85. The number of carbonyl (C=O) groups excluding carboxylic acids is 1. The summed E-state index contributed by atoms with van der Waals surface area (Å²) < 4.78 is 10.5. The van der Waals surface area contributed by atoms with E-state index in [1.807, 2.05) is 24.3 Å². The van der Waals surface area contributed by atoms with E-state index in [0.29, 0.717) is 22.4 Å². The van der Waals surface area contributed by atoms with Crippen molar-refractivity contribution in [2.75, 3.05) is 14.2 Å². The average molecular weight is 346 g/mol. The van der Waals surface area contributed by atoms with Gasteiger partial charge in [0.1, 0.15) is 0 Å². The molecule has 0 unspecified atom stereocenters. The second kappa shape index (κ2) is 7.75. The molecule has 0 atom stereocenters. The Bertz CT molecular complexity index is 679. The molecule has 3 rings (SSSR count). The number of ether oxygens (including phenoxy) is 2. The molecule has 1 heterocycles. The lowest BCUT2D eigenvalue weighted by Crippen LogP contribution is -2.22.